The standard InChI is InChI=1S/C14H20N2O4/c1-2-10-5-3-4-6-11(10)16-13(18)9-12(14(19)20)15-7-8-17/h3-6,12,15,17H,2,7-9H2,1H3,(H,16,18)(H,19,20)/t12-/m1/s1. The zero-order valence-electron chi connectivity index (χ0n) is 11.4. The van der Waals surface area contributed by atoms with Crippen LogP contribution < -0.4 is 10.6 Å². The number of amides is 1. The Balaban J connectivity index is 2.63. The van der Waals surface area contributed by atoms with Crippen molar-refractivity contribution in [2.24, 2.45) is 0 Å². The fourth-order valence-electron chi connectivity index (χ4n) is 1.82. The average molecular weight is 280 g/mol. The minimum absolute atomic E-state index is 0.135. The molecule has 20 heavy (non-hydrogen) atoms. The monoisotopic (exact) mass is 280 g/mol. The number of carboxylic acid groups (broad SMARTS) is 1. The number of nitrogens with one attached hydrogen (secondary N) is 2. The van der Waals surface area contributed by atoms with Gasteiger partial charge >= 0.3 is 5.97 Å². The number of carbonyl (C=O) groups is 2. The van der Waals surface area contributed by atoms with Gasteiger partial charge in [-0.1, -0.05) is 25.1 Å². The summed E-state index contributed by atoms with van der Waals surface area (Å²) in [6, 6.07) is 6.39. The van der Waals surface area contributed by atoms with Gasteiger partial charge in [0.1, 0.15) is 6.04 Å². The highest BCUT2D eigenvalue weighted by Crippen LogP contribution is 2.15. The number of carboxylic acids is 1. The molecule has 0 heterocycles. The Morgan fingerprint density at radius 2 is 2.00 bits per heavy atom. The van der Waals surface area contributed by atoms with Gasteiger partial charge in [-0.3, -0.25) is 9.59 Å². The number of aliphatic hydroxyl groups is 1. The van der Waals surface area contributed by atoms with Crippen LogP contribution in [0.1, 0.15) is 18.9 Å². The van der Waals surface area contributed by atoms with E-state index in [1.807, 2.05) is 25.1 Å². The third-order valence-corrected chi connectivity index (χ3v) is 2.86. The average Bonchev–Trinajstić information content (AvgIpc) is 2.43. The normalized spacial score (nSPS) is 11.9. The van der Waals surface area contributed by atoms with Crippen LogP contribution in [0.5, 0.6) is 0 Å². The van der Waals surface area contributed by atoms with Crippen molar-refractivity contribution in [3.05, 3.63) is 29.8 Å². The molecule has 0 radical (unpaired) electrons. The summed E-state index contributed by atoms with van der Waals surface area (Å²) in [5.74, 6) is -1.49. The van der Waals surface area contributed by atoms with Gasteiger partial charge in [-0.15, -0.1) is 0 Å². The molecule has 1 atom stereocenters. The number of para-hydroxylation sites is 1. The number of rotatable bonds is 8. The van der Waals surface area contributed by atoms with Crippen molar-refractivity contribution in [1.82, 2.24) is 5.32 Å². The second kappa shape index (κ2) is 8.29. The maximum atomic E-state index is 11.9. The lowest BCUT2D eigenvalue weighted by molar-refractivity contribution is -0.141. The number of hydrogen-bond acceptors (Lipinski definition) is 4. The molecule has 0 aliphatic carbocycles. The maximum absolute atomic E-state index is 11.9. The Hall–Kier alpha value is -1.92. The predicted octanol–water partition coefficient (Wildman–Crippen LogP) is 0.613. The second-order valence-electron chi connectivity index (χ2n) is 4.33. The lowest BCUT2D eigenvalue weighted by Gasteiger charge is -2.14. The number of benzene rings is 1. The van der Waals surface area contributed by atoms with Crippen LogP contribution in [0.15, 0.2) is 24.3 Å². The third kappa shape index (κ3) is 4.99. The Kier molecular flexibility index (Phi) is 6.69. The van der Waals surface area contributed by atoms with E-state index >= 15 is 0 Å². The van der Waals surface area contributed by atoms with Crippen molar-refractivity contribution in [3.8, 4) is 0 Å². The van der Waals surface area contributed by atoms with Gasteiger partial charge in [-0.25, -0.2) is 0 Å². The van der Waals surface area contributed by atoms with E-state index in [0.29, 0.717) is 5.69 Å². The van der Waals surface area contributed by atoms with Crippen molar-refractivity contribution in [2.45, 2.75) is 25.8 Å². The van der Waals surface area contributed by atoms with E-state index in [2.05, 4.69) is 10.6 Å². The molecule has 1 rings (SSSR count). The van der Waals surface area contributed by atoms with E-state index in [4.69, 9.17) is 10.2 Å². The van der Waals surface area contributed by atoms with Gasteiger partial charge in [0, 0.05) is 12.2 Å². The smallest absolute Gasteiger partial charge is 0.321 e. The van der Waals surface area contributed by atoms with Crippen molar-refractivity contribution in [1.29, 1.82) is 0 Å². The summed E-state index contributed by atoms with van der Waals surface area (Å²) in [6.45, 7) is 1.94. The Morgan fingerprint density at radius 1 is 1.30 bits per heavy atom. The van der Waals surface area contributed by atoms with E-state index in [9.17, 15) is 9.59 Å². The van der Waals surface area contributed by atoms with Crippen LogP contribution in [0.2, 0.25) is 0 Å². The van der Waals surface area contributed by atoms with Gasteiger partial charge in [0.25, 0.3) is 0 Å². The quantitative estimate of drug-likeness (QED) is 0.559. The van der Waals surface area contributed by atoms with Crippen LogP contribution in [-0.2, 0) is 16.0 Å². The van der Waals surface area contributed by atoms with E-state index in [1.165, 1.54) is 0 Å². The number of aliphatic carboxylic acids is 1. The summed E-state index contributed by atoms with van der Waals surface area (Å²) in [5.41, 5.74) is 1.70. The van der Waals surface area contributed by atoms with E-state index in [1.54, 1.807) is 6.07 Å². The van der Waals surface area contributed by atoms with Crippen LogP contribution in [0.3, 0.4) is 0 Å². The van der Waals surface area contributed by atoms with Gasteiger partial charge in [-0.05, 0) is 18.1 Å². The van der Waals surface area contributed by atoms with Gasteiger partial charge in [0.15, 0.2) is 0 Å². The largest absolute Gasteiger partial charge is 0.480 e. The highest BCUT2D eigenvalue weighted by molar-refractivity contribution is 5.94. The topological polar surface area (TPSA) is 98.7 Å². The minimum atomic E-state index is -1.11. The lowest BCUT2D eigenvalue weighted by atomic mass is 10.1. The molecule has 0 fully saturated rings. The molecule has 0 aliphatic rings. The molecule has 0 aromatic heterocycles. The molecule has 4 N–H and O–H groups in total. The van der Waals surface area contributed by atoms with Crippen LogP contribution in [0, 0.1) is 0 Å². The molecular formula is C14H20N2O4. The number of carbonyl (C=O) groups excluding carboxylic acids is 1. The summed E-state index contributed by atoms with van der Waals surface area (Å²) in [6.07, 6.45) is 0.592. The van der Waals surface area contributed by atoms with Crippen LogP contribution in [0.25, 0.3) is 0 Å². The SMILES string of the molecule is CCc1ccccc1NC(=O)C[C@@H](NCCO)C(=O)O. The maximum Gasteiger partial charge on any atom is 0.321 e. The van der Waals surface area contributed by atoms with Crippen LogP contribution in [0.4, 0.5) is 5.69 Å². The summed E-state index contributed by atoms with van der Waals surface area (Å²) in [4.78, 5) is 22.9. The molecule has 1 aromatic carbocycles. The predicted molar refractivity (Wildman–Crippen MR) is 75.6 cm³/mol. The first-order valence-corrected chi connectivity index (χ1v) is 6.53. The van der Waals surface area contributed by atoms with Crippen molar-refractivity contribution in [3.63, 3.8) is 0 Å². The number of aliphatic hydroxyl groups excluding tert-OH is 1. The Morgan fingerprint density at radius 3 is 2.60 bits per heavy atom. The van der Waals surface area contributed by atoms with Crippen LogP contribution in [-0.4, -0.2) is 41.3 Å². The Labute approximate surface area is 117 Å². The summed E-state index contributed by atoms with van der Waals surface area (Å²) in [5, 5.41) is 23.0. The van der Waals surface area contributed by atoms with E-state index in [-0.39, 0.29) is 25.5 Å². The van der Waals surface area contributed by atoms with Gasteiger partial charge in [-0.2, -0.15) is 0 Å². The molecular weight excluding hydrogens is 260 g/mol. The van der Waals surface area contributed by atoms with Crippen molar-refractivity contribution in [2.75, 3.05) is 18.5 Å². The number of aryl methyl sites for hydroxylation is 1. The molecule has 110 valence electrons. The summed E-state index contributed by atoms with van der Waals surface area (Å²) < 4.78 is 0. The zero-order valence-corrected chi connectivity index (χ0v) is 11.4. The molecule has 1 amide bonds. The van der Waals surface area contributed by atoms with Gasteiger partial charge in [0.2, 0.25) is 5.91 Å². The number of hydrogen-bond donors (Lipinski definition) is 4. The third-order valence-electron chi connectivity index (χ3n) is 2.86. The van der Waals surface area contributed by atoms with Crippen molar-refractivity contribution >= 4 is 17.6 Å². The highest BCUT2D eigenvalue weighted by atomic mass is 16.4. The molecule has 0 spiro atoms. The Bertz CT molecular complexity index is 462. The second-order valence-corrected chi connectivity index (χ2v) is 4.33. The first-order chi connectivity index (χ1) is 9.58. The number of anilines is 1. The molecule has 6 heteroatoms. The van der Waals surface area contributed by atoms with Gasteiger partial charge < -0.3 is 20.8 Å². The van der Waals surface area contributed by atoms with Gasteiger partial charge in [0.05, 0.1) is 13.0 Å². The van der Waals surface area contributed by atoms with E-state index in [0.717, 1.165) is 12.0 Å². The molecule has 0 saturated carbocycles. The zero-order chi connectivity index (χ0) is 15.0. The fraction of sp³-hybridized carbons (Fsp3) is 0.429. The highest BCUT2D eigenvalue weighted by Gasteiger charge is 2.20. The first kappa shape index (κ1) is 16.1. The van der Waals surface area contributed by atoms with Crippen LogP contribution >= 0.6 is 0 Å². The summed E-state index contributed by atoms with van der Waals surface area (Å²) in [7, 11) is 0. The molecule has 6 nitrogen and oxygen atoms in total. The minimum Gasteiger partial charge on any atom is -0.480 e. The lowest BCUT2D eigenvalue weighted by Crippen LogP contribution is -2.41. The molecule has 0 bridgehead atoms. The van der Waals surface area contributed by atoms with E-state index < -0.39 is 12.0 Å². The molecule has 0 saturated heterocycles. The first-order valence-electron chi connectivity index (χ1n) is 6.53. The molecule has 1 aromatic rings. The van der Waals surface area contributed by atoms with Crippen molar-refractivity contribution < 1.29 is 19.8 Å². The summed E-state index contributed by atoms with van der Waals surface area (Å²) >= 11 is 0. The molecule has 0 unspecified atom stereocenters. The molecule has 0 aliphatic heterocycles. The fourth-order valence-corrected chi connectivity index (χ4v) is 1.82.